The second-order valence-electron chi connectivity index (χ2n) is 8.91. The second-order valence-corrected chi connectivity index (χ2v) is 8.91. The van der Waals surface area contributed by atoms with Crippen LogP contribution in [-0.2, 0) is 0 Å². The van der Waals surface area contributed by atoms with Crippen LogP contribution in [-0.4, -0.2) is 39.1 Å². The number of hydrogen-bond acceptors (Lipinski definition) is 6. The third-order valence-corrected chi connectivity index (χ3v) is 5.75. The number of benzene rings is 2. The summed E-state index contributed by atoms with van der Waals surface area (Å²) >= 11 is 0. The molecule has 9 heteroatoms. The van der Waals surface area contributed by atoms with Crippen LogP contribution in [0, 0.1) is 0 Å². The average molecular weight is 502 g/mol. The summed E-state index contributed by atoms with van der Waals surface area (Å²) in [4.78, 5) is 29.5. The van der Waals surface area contributed by atoms with Gasteiger partial charge in [-0.05, 0) is 57.0 Å². The summed E-state index contributed by atoms with van der Waals surface area (Å²) in [6.07, 6.45) is 3.15. The van der Waals surface area contributed by atoms with Crippen LogP contribution in [0.3, 0.4) is 0 Å². The molecule has 37 heavy (non-hydrogen) atoms. The first kappa shape index (κ1) is 25.7. The van der Waals surface area contributed by atoms with Crippen LogP contribution in [0.15, 0.2) is 65.2 Å². The molecule has 0 atom stereocenters. The molecule has 0 spiro atoms. The summed E-state index contributed by atoms with van der Waals surface area (Å²) in [5, 5.41) is 12.9. The molecule has 2 heterocycles. The first-order valence-corrected chi connectivity index (χ1v) is 12.4. The Hall–Kier alpha value is -4.40. The Kier molecular flexibility index (Phi) is 8.02. The van der Waals surface area contributed by atoms with Crippen LogP contribution in [0.5, 0.6) is 5.75 Å². The van der Waals surface area contributed by atoms with Gasteiger partial charge in [-0.15, -0.1) is 0 Å². The molecule has 2 aromatic carbocycles. The Morgan fingerprint density at radius 3 is 2.51 bits per heavy atom. The Morgan fingerprint density at radius 1 is 1.00 bits per heavy atom. The maximum Gasteiger partial charge on any atom is 0.288 e. The number of oxazole rings is 1. The maximum atomic E-state index is 12.8. The number of nitrogens with one attached hydrogen (secondary N) is 3. The van der Waals surface area contributed by atoms with Gasteiger partial charge in [0.1, 0.15) is 5.75 Å². The third kappa shape index (κ3) is 6.43. The molecule has 3 N–H and O–H groups in total. The van der Waals surface area contributed by atoms with Gasteiger partial charge in [0.25, 0.3) is 11.8 Å². The molecule has 4 aromatic rings. The van der Waals surface area contributed by atoms with Gasteiger partial charge in [-0.25, -0.2) is 4.98 Å². The van der Waals surface area contributed by atoms with Crippen molar-refractivity contribution >= 4 is 17.5 Å². The highest BCUT2D eigenvalue weighted by Gasteiger charge is 2.17. The minimum Gasteiger partial charge on any atom is -0.491 e. The van der Waals surface area contributed by atoms with Crippen LogP contribution in [0.4, 0.5) is 5.69 Å². The van der Waals surface area contributed by atoms with Crippen LogP contribution in [0.2, 0.25) is 0 Å². The zero-order valence-corrected chi connectivity index (χ0v) is 21.4. The van der Waals surface area contributed by atoms with Crippen molar-refractivity contribution in [2.75, 3.05) is 5.32 Å². The highest BCUT2D eigenvalue weighted by molar-refractivity contribution is 6.03. The van der Waals surface area contributed by atoms with E-state index in [0.29, 0.717) is 28.6 Å². The van der Waals surface area contributed by atoms with Gasteiger partial charge in [0, 0.05) is 28.9 Å². The molecule has 0 aliphatic rings. The van der Waals surface area contributed by atoms with Gasteiger partial charge in [-0.2, -0.15) is 5.10 Å². The summed E-state index contributed by atoms with van der Waals surface area (Å²) in [7, 11) is 0. The molecular formula is C28H31N5O4. The number of nitrogens with zero attached hydrogens (tertiary/aromatic N) is 2. The van der Waals surface area contributed by atoms with Gasteiger partial charge in [-0.1, -0.05) is 32.0 Å². The van der Waals surface area contributed by atoms with E-state index in [0.717, 1.165) is 18.4 Å². The van der Waals surface area contributed by atoms with Gasteiger partial charge in [0.15, 0.2) is 5.69 Å². The number of carbonyl (C=O) groups is 2. The molecule has 0 saturated heterocycles. The summed E-state index contributed by atoms with van der Waals surface area (Å²) in [5.74, 6) is 0.540. The van der Waals surface area contributed by atoms with E-state index < -0.39 is 0 Å². The SMILES string of the molecule is CCC(CC)NC(=O)c1cnc(-c2cccc(-c3cc(C(=O)Nc4cccc(OC(C)C)c4)n[nH]3)c2)o1. The Balaban J connectivity index is 1.47. The number of aromatic amines is 1. The van der Waals surface area contributed by atoms with Crippen LogP contribution in [0.25, 0.3) is 22.7 Å². The first-order chi connectivity index (χ1) is 17.9. The van der Waals surface area contributed by atoms with Gasteiger partial charge in [-0.3, -0.25) is 14.7 Å². The van der Waals surface area contributed by atoms with Crippen molar-refractivity contribution in [2.24, 2.45) is 0 Å². The van der Waals surface area contributed by atoms with E-state index in [1.54, 1.807) is 18.2 Å². The lowest BCUT2D eigenvalue weighted by Crippen LogP contribution is -2.33. The molecule has 192 valence electrons. The molecule has 2 aromatic heterocycles. The monoisotopic (exact) mass is 501 g/mol. The molecule has 0 fully saturated rings. The lowest BCUT2D eigenvalue weighted by atomic mass is 10.1. The van der Waals surface area contributed by atoms with Crippen molar-refractivity contribution in [3.8, 4) is 28.5 Å². The summed E-state index contributed by atoms with van der Waals surface area (Å²) in [6.45, 7) is 7.93. The third-order valence-electron chi connectivity index (χ3n) is 5.75. The van der Waals surface area contributed by atoms with E-state index >= 15 is 0 Å². The van der Waals surface area contributed by atoms with Gasteiger partial charge < -0.3 is 19.8 Å². The Morgan fingerprint density at radius 2 is 1.76 bits per heavy atom. The fourth-order valence-electron chi connectivity index (χ4n) is 3.78. The summed E-state index contributed by atoms with van der Waals surface area (Å²) in [5.41, 5.74) is 3.00. The highest BCUT2D eigenvalue weighted by atomic mass is 16.5. The van der Waals surface area contributed by atoms with Crippen molar-refractivity contribution in [1.29, 1.82) is 0 Å². The van der Waals surface area contributed by atoms with Crippen molar-refractivity contribution in [2.45, 2.75) is 52.7 Å². The minimum absolute atomic E-state index is 0.0326. The lowest BCUT2D eigenvalue weighted by molar-refractivity contribution is 0.0907. The number of hydrogen-bond donors (Lipinski definition) is 3. The average Bonchev–Trinajstić information content (AvgIpc) is 3.58. The van der Waals surface area contributed by atoms with Crippen LogP contribution < -0.4 is 15.4 Å². The number of rotatable bonds is 10. The second kappa shape index (κ2) is 11.6. The minimum atomic E-state index is -0.346. The van der Waals surface area contributed by atoms with E-state index in [1.165, 1.54) is 6.20 Å². The maximum absolute atomic E-state index is 12.8. The number of aromatic nitrogens is 3. The largest absolute Gasteiger partial charge is 0.491 e. The molecule has 0 aliphatic carbocycles. The predicted molar refractivity (Wildman–Crippen MR) is 142 cm³/mol. The van der Waals surface area contributed by atoms with Crippen LogP contribution >= 0.6 is 0 Å². The highest BCUT2D eigenvalue weighted by Crippen LogP contribution is 2.26. The summed E-state index contributed by atoms with van der Waals surface area (Å²) < 4.78 is 11.4. The lowest BCUT2D eigenvalue weighted by Gasteiger charge is -2.12. The Bertz CT molecular complexity index is 1370. The predicted octanol–water partition coefficient (Wildman–Crippen LogP) is 5.69. The van der Waals surface area contributed by atoms with Crippen molar-refractivity contribution < 1.29 is 18.7 Å². The topological polar surface area (TPSA) is 122 Å². The van der Waals surface area contributed by atoms with E-state index in [-0.39, 0.29) is 35.4 Å². The number of H-pyrrole nitrogens is 1. The molecule has 4 rings (SSSR count). The van der Waals surface area contributed by atoms with Crippen LogP contribution in [0.1, 0.15) is 61.6 Å². The zero-order chi connectivity index (χ0) is 26.4. The zero-order valence-electron chi connectivity index (χ0n) is 21.4. The Labute approximate surface area is 215 Å². The molecule has 0 radical (unpaired) electrons. The number of anilines is 1. The number of ether oxygens (including phenoxy) is 1. The number of amides is 2. The van der Waals surface area contributed by atoms with Crippen molar-refractivity contribution in [3.05, 3.63) is 72.2 Å². The van der Waals surface area contributed by atoms with Crippen molar-refractivity contribution in [1.82, 2.24) is 20.5 Å². The fourth-order valence-corrected chi connectivity index (χ4v) is 3.78. The van der Waals surface area contributed by atoms with E-state index in [4.69, 9.17) is 9.15 Å². The molecule has 0 unspecified atom stereocenters. The first-order valence-electron chi connectivity index (χ1n) is 12.4. The molecule has 0 aliphatic heterocycles. The molecular weight excluding hydrogens is 470 g/mol. The van der Waals surface area contributed by atoms with Crippen molar-refractivity contribution in [3.63, 3.8) is 0 Å². The molecule has 2 amide bonds. The van der Waals surface area contributed by atoms with E-state index in [9.17, 15) is 9.59 Å². The van der Waals surface area contributed by atoms with E-state index in [1.807, 2.05) is 64.1 Å². The number of carbonyl (C=O) groups excluding carboxylic acids is 2. The fraction of sp³-hybridized carbons (Fsp3) is 0.286. The standard InChI is InChI=1S/C28H31N5O4/c1-5-20(6-2)30-27(35)25-16-29-28(37-25)19-10-7-9-18(13-19)23-15-24(33-32-23)26(34)31-21-11-8-12-22(14-21)36-17(3)4/h7-17,20H,5-6H2,1-4H3,(H,30,35)(H,31,34)(H,32,33). The van der Waals surface area contributed by atoms with Gasteiger partial charge in [0.2, 0.25) is 11.7 Å². The molecule has 0 saturated carbocycles. The quantitative estimate of drug-likeness (QED) is 0.257. The van der Waals surface area contributed by atoms with Gasteiger partial charge in [0.05, 0.1) is 18.0 Å². The van der Waals surface area contributed by atoms with E-state index in [2.05, 4.69) is 25.8 Å². The molecule has 9 nitrogen and oxygen atoms in total. The summed E-state index contributed by atoms with van der Waals surface area (Å²) in [6, 6.07) is 16.4. The molecule has 0 bridgehead atoms. The van der Waals surface area contributed by atoms with Gasteiger partial charge >= 0.3 is 0 Å². The smallest absolute Gasteiger partial charge is 0.288 e. The normalized spacial score (nSPS) is 11.1.